The minimum atomic E-state index is 0.458. The minimum Gasteiger partial charge on any atom is -0.493 e. The summed E-state index contributed by atoms with van der Waals surface area (Å²) in [5.41, 5.74) is 9.97. The molecule has 1 heterocycles. The quantitative estimate of drug-likeness (QED) is 0.771. The summed E-state index contributed by atoms with van der Waals surface area (Å²) < 4.78 is 11.0. The molecule has 1 aromatic heterocycles. The van der Waals surface area contributed by atoms with Crippen LogP contribution in [0.4, 0.5) is 0 Å². The molecule has 0 amide bonds. The third-order valence-electron chi connectivity index (χ3n) is 3.64. The maximum Gasteiger partial charge on any atom is 0.168 e. The molecule has 0 atom stereocenters. The van der Waals surface area contributed by atoms with Crippen molar-refractivity contribution in [2.24, 2.45) is 5.73 Å². The molecule has 0 fully saturated rings. The van der Waals surface area contributed by atoms with Gasteiger partial charge in [0, 0.05) is 23.8 Å². The summed E-state index contributed by atoms with van der Waals surface area (Å²) in [4.78, 5) is 3.20. The molecule has 0 bridgehead atoms. The van der Waals surface area contributed by atoms with Crippen molar-refractivity contribution >= 4 is 10.9 Å². The Morgan fingerprint density at radius 1 is 1.05 bits per heavy atom. The first-order chi connectivity index (χ1) is 10.3. The molecule has 21 heavy (non-hydrogen) atoms. The van der Waals surface area contributed by atoms with Crippen LogP contribution in [0.15, 0.2) is 42.6 Å². The molecule has 0 aliphatic carbocycles. The lowest BCUT2D eigenvalue weighted by Crippen LogP contribution is -2.00. The zero-order valence-corrected chi connectivity index (χ0v) is 12.1. The fourth-order valence-electron chi connectivity index (χ4n) is 2.57. The number of methoxy groups -OCH3 is 2. The van der Waals surface area contributed by atoms with Crippen LogP contribution >= 0.6 is 0 Å². The number of nitrogens with two attached hydrogens (primary N) is 1. The second-order valence-electron chi connectivity index (χ2n) is 4.86. The molecule has 3 N–H and O–H groups in total. The third kappa shape index (κ3) is 2.34. The second-order valence-corrected chi connectivity index (χ2v) is 4.86. The number of hydrogen-bond donors (Lipinski definition) is 2. The summed E-state index contributed by atoms with van der Waals surface area (Å²) >= 11 is 0. The number of nitrogens with one attached hydrogen (secondary N) is 1. The van der Waals surface area contributed by atoms with Gasteiger partial charge in [0.25, 0.3) is 0 Å². The Hall–Kier alpha value is -2.46. The average molecular weight is 282 g/mol. The topological polar surface area (TPSA) is 60.3 Å². The van der Waals surface area contributed by atoms with Crippen LogP contribution < -0.4 is 15.2 Å². The predicted octanol–water partition coefficient (Wildman–Crippen LogP) is 3.31. The Bertz CT molecular complexity index is 778. The summed E-state index contributed by atoms with van der Waals surface area (Å²) in [7, 11) is 3.29. The molecule has 0 saturated carbocycles. The summed E-state index contributed by atoms with van der Waals surface area (Å²) in [6.45, 7) is 0.458. The maximum absolute atomic E-state index is 5.78. The Kier molecular flexibility index (Phi) is 3.54. The van der Waals surface area contributed by atoms with Gasteiger partial charge >= 0.3 is 0 Å². The summed E-state index contributed by atoms with van der Waals surface area (Å²) in [5.74, 6) is 1.43. The van der Waals surface area contributed by atoms with Gasteiger partial charge in [-0.25, -0.2) is 0 Å². The zero-order valence-electron chi connectivity index (χ0n) is 12.1. The lowest BCUT2D eigenvalue weighted by Gasteiger charge is -2.15. The first kappa shape index (κ1) is 13.5. The van der Waals surface area contributed by atoms with Crippen LogP contribution in [0.1, 0.15) is 5.56 Å². The van der Waals surface area contributed by atoms with E-state index in [1.165, 1.54) is 0 Å². The highest BCUT2D eigenvalue weighted by Crippen LogP contribution is 2.39. The van der Waals surface area contributed by atoms with Gasteiger partial charge in [-0.15, -0.1) is 0 Å². The molecule has 2 aromatic carbocycles. The van der Waals surface area contributed by atoms with Crippen molar-refractivity contribution in [1.82, 2.24) is 4.98 Å². The van der Waals surface area contributed by atoms with Gasteiger partial charge in [0.15, 0.2) is 11.5 Å². The molecular formula is C17H18N2O2. The van der Waals surface area contributed by atoms with E-state index in [9.17, 15) is 0 Å². The smallest absolute Gasteiger partial charge is 0.168 e. The molecule has 4 heteroatoms. The van der Waals surface area contributed by atoms with E-state index < -0.39 is 0 Å². The van der Waals surface area contributed by atoms with Gasteiger partial charge < -0.3 is 20.2 Å². The van der Waals surface area contributed by atoms with Gasteiger partial charge in [-0.2, -0.15) is 0 Å². The molecule has 108 valence electrons. The Morgan fingerprint density at radius 2 is 1.90 bits per heavy atom. The van der Waals surface area contributed by atoms with E-state index in [1.54, 1.807) is 14.2 Å². The van der Waals surface area contributed by atoms with Crippen molar-refractivity contribution in [2.75, 3.05) is 14.2 Å². The van der Waals surface area contributed by atoms with Crippen molar-refractivity contribution in [3.8, 4) is 22.6 Å². The first-order valence-electron chi connectivity index (χ1n) is 6.79. The molecule has 0 radical (unpaired) electrons. The molecule has 3 rings (SSSR count). The molecule has 4 nitrogen and oxygen atoms in total. The van der Waals surface area contributed by atoms with E-state index in [-0.39, 0.29) is 0 Å². The number of aromatic amines is 1. The lowest BCUT2D eigenvalue weighted by molar-refractivity contribution is 0.355. The van der Waals surface area contributed by atoms with Gasteiger partial charge in [-0.3, -0.25) is 0 Å². The molecule has 0 saturated heterocycles. The number of hydrogen-bond acceptors (Lipinski definition) is 3. The normalized spacial score (nSPS) is 10.8. The van der Waals surface area contributed by atoms with Gasteiger partial charge in [0.2, 0.25) is 0 Å². The maximum atomic E-state index is 5.78. The largest absolute Gasteiger partial charge is 0.493 e. The summed E-state index contributed by atoms with van der Waals surface area (Å²) in [6.07, 6.45) is 1.93. The van der Waals surface area contributed by atoms with Gasteiger partial charge in [0.05, 0.1) is 14.2 Å². The van der Waals surface area contributed by atoms with E-state index in [4.69, 9.17) is 15.2 Å². The number of aromatic nitrogens is 1. The van der Waals surface area contributed by atoms with E-state index >= 15 is 0 Å². The highest BCUT2D eigenvalue weighted by Gasteiger charge is 2.14. The summed E-state index contributed by atoms with van der Waals surface area (Å²) in [6, 6.07) is 12.3. The number of ether oxygens (including phenoxy) is 2. The SMILES string of the molecule is COc1cc(CN)cc(-c2ccc3[nH]ccc3c2)c1OC. The minimum absolute atomic E-state index is 0.458. The summed E-state index contributed by atoms with van der Waals surface area (Å²) in [5, 5.41) is 1.16. The Labute approximate surface area is 123 Å². The van der Waals surface area contributed by atoms with E-state index in [0.717, 1.165) is 33.3 Å². The monoisotopic (exact) mass is 282 g/mol. The van der Waals surface area contributed by atoms with Crippen molar-refractivity contribution in [1.29, 1.82) is 0 Å². The number of H-pyrrole nitrogens is 1. The molecule has 0 unspecified atom stereocenters. The van der Waals surface area contributed by atoms with Crippen LogP contribution in [-0.2, 0) is 6.54 Å². The van der Waals surface area contributed by atoms with Crippen LogP contribution in [0.25, 0.3) is 22.0 Å². The molecule has 0 aliphatic heterocycles. The van der Waals surface area contributed by atoms with Crippen molar-refractivity contribution in [3.05, 3.63) is 48.2 Å². The van der Waals surface area contributed by atoms with E-state index in [2.05, 4.69) is 35.3 Å². The Morgan fingerprint density at radius 3 is 2.62 bits per heavy atom. The van der Waals surface area contributed by atoms with Crippen LogP contribution in [0.5, 0.6) is 11.5 Å². The molecular weight excluding hydrogens is 264 g/mol. The van der Waals surface area contributed by atoms with Gasteiger partial charge in [0.1, 0.15) is 0 Å². The van der Waals surface area contributed by atoms with Crippen LogP contribution in [-0.4, -0.2) is 19.2 Å². The third-order valence-corrected chi connectivity index (χ3v) is 3.64. The molecule has 0 spiro atoms. The number of rotatable bonds is 4. The lowest BCUT2D eigenvalue weighted by atomic mass is 10.00. The van der Waals surface area contributed by atoms with Gasteiger partial charge in [-0.05, 0) is 46.8 Å². The highest BCUT2D eigenvalue weighted by molar-refractivity contribution is 5.87. The van der Waals surface area contributed by atoms with E-state index in [1.807, 2.05) is 12.3 Å². The molecule has 3 aromatic rings. The predicted molar refractivity (Wildman–Crippen MR) is 84.7 cm³/mol. The fraction of sp³-hybridized carbons (Fsp3) is 0.176. The fourth-order valence-corrected chi connectivity index (χ4v) is 2.57. The van der Waals surface area contributed by atoms with Crippen molar-refractivity contribution in [3.63, 3.8) is 0 Å². The Balaban J connectivity index is 2.23. The van der Waals surface area contributed by atoms with Crippen molar-refractivity contribution in [2.45, 2.75) is 6.54 Å². The van der Waals surface area contributed by atoms with Crippen molar-refractivity contribution < 1.29 is 9.47 Å². The first-order valence-corrected chi connectivity index (χ1v) is 6.79. The van der Waals surface area contributed by atoms with Crippen LogP contribution in [0, 0.1) is 0 Å². The highest BCUT2D eigenvalue weighted by atomic mass is 16.5. The molecule has 0 aliphatic rings. The zero-order chi connectivity index (χ0) is 14.8. The standard InChI is InChI=1S/C17H18N2O2/c1-20-16-8-11(10-18)7-14(17(16)21-2)12-3-4-15-13(9-12)5-6-19-15/h3-9,19H,10,18H2,1-2H3. The average Bonchev–Trinajstić information content (AvgIpc) is 3.00. The van der Waals surface area contributed by atoms with Gasteiger partial charge in [-0.1, -0.05) is 6.07 Å². The number of fused-ring (bicyclic) bond motifs is 1. The van der Waals surface area contributed by atoms with Crippen LogP contribution in [0.3, 0.4) is 0 Å². The van der Waals surface area contributed by atoms with E-state index in [0.29, 0.717) is 12.3 Å². The number of benzene rings is 2. The second kappa shape index (κ2) is 5.50. The van der Waals surface area contributed by atoms with Crippen LogP contribution in [0.2, 0.25) is 0 Å².